The molecule has 0 saturated carbocycles. The Morgan fingerprint density at radius 2 is 1.65 bits per heavy atom. The molecule has 3 rings (SSSR count). The maximum absolute atomic E-state index is 12.9. The van der Waals surface area contributed by atoms with Crippen molar-refractivity contribution in [3.05, 3.63) is 64.7 Å². The zero-order valence-corrected chi connectivity index (χ0v) is 15.6. The molecule has 2 aromatic carbocycles. The van der Waals surface area contributed by atoms with Gasteiger partial charge < -0.3 is 5.32 Å². The van der Waals surface area contributed by atoms with Crippen LogP contribution in [-0.4, -0.2) is 40.7 Å². The van der Waals surface area contributed by atoms with Crippen molar-refractivity contribution in [3.8, 4) is 0 Å². The number of benzene rings is 2. The van der Waals surface area contributed by atoms with Crippen molar-refractivity contribution in [2.75, 3.05) is 17.3 Å². The van der Waals surface area contributed by atoms with Gasteiger partial charge >= 0.3 is 0 Å². The summed E-state index contributed by atoms with van der Waals surface area (Å²) in [5.41, 5.74) is 1.11. The molecule has 0 spiro atoms. The highest BCUT2D eigenvalue weighted by Crippen LogP contribution is 2.27. The number of hydrogen-bond acceptors (Lipinski definition) is 4. The van der Waals surface area contributed by atoms with Crippen molar-refractivity contribution >= 4 is 46.8 Å². The number of fused-ring (bicyclic) bond motifs is 1. The van der Waals surface area contributed by atoms with Gasteiger partial charge in [0.05, 0.1) is 21.8 Å². The fourth-order valence-corrected chi connectivity index (χ4v) is 3.52. The topological polar surface area (TPSA) is 66.5 Å². The van der Waals surface area contributed by atoms with Crippen molar-refractivity contribution in [3.63, 3.8) is 0 Å². The molecule has 1 atom stereocenters. The number of anilines is 1. The van der Waals surface area contributed by atoms with Crippen LogP contribution in [0.4, 0.5) is 5.69 Å². The number of carbonyl (C=O) groups is 3. The maximum atomic E-state index is 12.9. The van der Waals surface area contributed by atoms with E-state index in [4.69, 9.17) is 11.6 Å². The second-order valence-electron chi connectivity index (χ2n) is 5.79. The number of imide groups is 1. The lowest BCUT2D eigenvalue weighted by Gasteiger charge is -2.25. The molecular weight excluding hydrogens is 372 g/mol. The number of carbonyl (C=O) groups excluding carboxylic acids is 3. The predicted octanol–water partition coefficient (Wildman–Crippen LogP) is 3.70. The van der Waals surface area contributed by atoms with Crippen molar-refractivity contribution in [1.29, 1.82) is 0 Å². The van der Waals surface area contributed by atoms with Crippen LogP contribution in [0.3, 0.4) is 0 Å². The number of para-hydroxylation sites is 1. The molecule has 1 aliphatic rings. The minimum Gasteiger partial charge on any atom is -0.323 e. The Morgan fingerprint density at radius 1 is 1.08 bits per heavy atom. The molecule has 1 aliphatic heterocycles. The van der Waals surface area contributed by atoms with Crippen LogP contribution in [0.1, 0.15) is 27.1 Å². The molecule has 1 heterocycles. The van der Waals surface area contributed by atoms with E-state index in [9.17, 15) is 14.4 Å². The predicted molar refractivity (Wildman–Crippen MR) is 104 cm³/mol. The molecule has 3 amide bonds. The third-order valence-electron chi connectivity index (χ3n) is 4.17. The lowest BCUT2D eigenvalue weighted by molar-refractivity contribution is -0.120. The number of amides is 3. The molecular formula is C19H17ClN2O3S. The summed E-state index contributed by atoms with van der Waals surface area (Å²) in [7, 11) is 0. The first-order valence-corrected chi connectivity index (χ1v) is 9.83. The quantitative estimate of drug-likeness (QED) is 0.766. The molecule has 0 aromatic heterocycles. The van der Waals surface area contributed by atoms with E-state index in [1.165, 1.54) is 0 Å². The smallest absolute Gasteiger partial charge is 0.262 e. The van der Waals surface area contributed by atoms with Crippen LogP contribution in [0.5, 0.6) is 0 Å². The molecule has 5 nitrogen and oxygen atoms in total. The Bertz CT molecular complexity index is 836. The van der Waals surface area contributed by atoms with Crippen molar-refractivity contribution in [1.82, 2.24) is 4.90 Å². The molecule has 0 saturated heterocycles. The third-order valence-corrected chi connectivity index (χ3v) is 5.14. The fraction of sp³-hybridized carbons (Fsp3) is 0.211. The number of nitrogens with one attached hydrogen (secondary N) is 1. The second-order valence-corrected chi connectivity index (χ2v) is 7.19. The van der Waals surface area contributed by atoms with Crippen LogP contribution >= 0.6 is 23.4 Å². The van der Waals surface area contributed by atoms with E-state index >= 15 is 0 Å². The summed E-state index contributed by atoms with van der Waals surface area (Å²) in [6.45, 7) is 0. The lowest BCUT2D eigenvalue weighted by atomic mass is 10.1. The molecule has 0 radical (unpaired) electrons. The first kappa shape index (κ1) is 18.5. The van der Waals surface area contributed by atoms with Gasteiger partial charge in [-0.1, -0.05) is 35.9 Å². The van der Waals surface area contributed by atoms with E-state index < -0.39 is 23.8 Å². The summed E-state index contributed by atoms with van der Waals surface area (Å²) in [4.78, 5) is 39.4. The van der Waals surface area contributed by atoms with Crippen molar-refractivity contribution in [2.24, 2.45) is 0 Å². The molecule has 7 heteroatoms. The van der Waals surface area contributed by atoms with Crippen LogP contribution in [0.15, 0.2) is 48.5 Å². The summed E-state index contributed by atoms with van der Waals surface area (Å²) in [6.07, 6.45) is 2.27. The maximum Gasteiger partial charge on any atom is 0.262 e. The molecule has 0 fully saturated rings. The van der Waals surface area contributed by atoms with Gasteiger partial charge in [0.15, 0.2) is 0 Å². The minimum atomic E-state index is -0.897. The van der Waals surface area contributed by atoms with Gasteiger partial charge in [0.2, 0.25) is 5.91 Å². The molecule has 26 heavy (non-hydrogen) atoms. The van der Waals surface area contributed by atoms with Crippen LogP contribution in [0.25, 0.3) is 0 Å². The Labute approximate surface area is 160 Å². The average Bonchev–Trinajstić information content (AvgIpc) is 2.89. The van der Waals surface area contributed by atoms with Crippen LogP contribution in [0, 0.1) is 0 Å². The van der Waals surface area contributed by atoms with E-state index in [1.807, 2.05) is 6.26 Å². The number of thioether (sulfide) groups is 1. The van der Waals surface area contributed by atoms with E-state index in [2.05, 4.69) is 5.32 Å². The average molecular weight is 389 g/mol. The molecule has 134 valence electrons. The summed E-state index contributed by atoms with van der Waals surface area (Å²) in [6, 6.07) is 12.6. The third kappa shape index (κ3) is 3.48. The van der Waals surface area contributed by atoms with Crippen molar-refractivity contribution < 1.29 is 14.4 Å². The van der Waals surface area contributed by atoms with Gasteiger partial charge in [0.1, 0.15) is 6.04 Å². The Kier molecular flexibility index (Phi) is 5.64. The number of nitrogens with zero attached hydrogens (tertiary/aromatic N) is 1. The Hall–Kier alpha value is -2.31. The van der Waals surface area contributed by atoms with Crippen molar-refractivity contribution in [2.45, 2.75) is 12.5 Å². The zero-order valence-electron chi connectivity index (χ0n) is 14.1. The summed E-state index contributed by atoms with van der Waals surface area (Å²) in [5, 5.41) is 3.13. The highest BCUT2D eigenvalue weighted by Gasteiger charge is 2.42. The largest absolute Gasteiger partial charge is 0.323 e. The zero-order chi connectivity index (χ0) is 18.7. The van der Waals surface area contributed by atoms with Gasteiger partial charge in [0.25, 0.3) is 11.8 Å². The van der Waals surface area contributed by atoms with Gasteiger partial charge in [-0.25, -0.2) is 0 Å². The fourth-order valence-electron chi connectivity index (χ4n) is 2.88. The van der Waals surface area contributed by atoms with Gasteiger partial charge in [0, 0.05) is 0 Å². The number of rotatable bonds is 6. The number of halogens is 1. The highest BCUT2D eigenvalue weighted by atomic mass is 35.5. The molecule has 0 aliphatic carbocycles. The SMILES string of the molecule is CSCC[C@H](C(=O)Nc1ccccc1Cl)N1C(=O)c2ccccc2C1=O. The molecule has 2 aromatic rings. The first-order chi connectivity index (χ1) is 12.5. The van der Waals surface area contributed by atoms with Crippen LogP contribution < -0.4 is 5.32 Å². The van der Waals surface area contributed by atoms with Gasteiger partial charge in [-0.3, -0.25) is 19.3 Å². The first-order valence-electron chi connectivity index (χ1n) is 8.06. The summed E-state index contributed by atoms with van der Waals surface area (Å²) >= 11 is 7.65. The Morgan fingerprint density at radius 3 is 2.23 bits per heavy atom. The Balaban J connectivity index is 1.89. The second kappa shape index (κ2) is 7.93. The van der Waals surface area contributed by atoms with E-state index in [-0.39, 0.29) is 0 Å². The van der Waals surface area contributed by atoms with Gasteiger partial charge in [-0.05, 0) is 42.7 Å². The molecule has 1 N–H and O–H groups in total. The van der Waals surface area contributed by atoms with E-state index in [0.717, 1.165) is 4.90 Å². The van der Waals surface area contributed by atoms with Crippen LogP contribution in [0.2, 0.25) is 5.02 Å². The van der Waals surface area contributed by atoms with Gasteiger partial charge in [-0.15, -0.1) is 0 Å². The van der Waals surface area contributed by atoms with E-state index in [1.54, 1.807) is 60.3 Å². The standard InChI is InChI=1S/C19H17ClN2O3S/c1-26-11-10-16(17(23)21-15-9-5-4-8-14(15)20)22-18(24)12-6-2-3-7-13(12)19(22)25/h2-9,16H,10-11H2,1H3,(H,21,23)/t16-/m1/s1. The van der Waals surface area contributed by atoms with E-state index in [0.29, 0.717) is 34.0 Å². The molecule has 0 bridgehead atoms. The highest BCUT2D eigenvalue weighted by molar-refractivity contribution is 7.98. The number of hydrogen-bond donors (Lipinski definition) is 1. The molecule has 0 unspecified atom stereocenters. The monoisotopic (exact) mass is 388 g/mol. The van der Waals surface area contributed by atoms with Gasteiger partial charge in [-0.2, -0.15) is 11.8 Å². The summed E-state index contributed by atoms with van der Waals surface area (Å²) in [5.74, 6) is -0.674. The minimum absolute atomic E-state index is 0.331. The normalized spacial score (nSPS) is 14.3. The summed E-state index contributed by atoms with van der Waals surface area (Å²) < 4.78 is 0. The van der Waals surface area contributed by atoms with Crippen LogP contribution in [-0.2, 0) is 4.79 Å². The lowest BCUT2D eigenvalue weighted by Crippen LogP contribution is -2.47.